The van der Waals surface area contributed by atoms with Crippen LogP contribution >= 0.6 is 0 Å². The molecular formula is C11H26N2O2S. The molecular weight excluding hydrogens is 224 g/mol. The summed E-state index contributed by atoms with van der Waals surface area (Å²) in [6, 6.07) is 0. The van der Waals surface area contributed by atoms with E-state index in [0.717, 1.165) is 12.5 Å². The molecule has 0 saturated heterocycles. The maximum atomic E-state index is 10.8. The minimum absolute atomic E-state index is 0.475. The molecule has 0 aliphatic carbocycles. The lowest BCUT2D eigenvalue weighted by Gasteiger charge is -2.15. The smallest absolute Gasteiger partial charge is 0.208 e. The lowest BCUT2D eigenvalue weighted by Crippen LogP contribution is -2.33. The molecule has 0 radical (unpaired) electrons. The SMILES string of the molecule is CCCCC(CC)CNCCNS(C)(=O)=O. The topological polar surface area (TPSA) is 58.2 Å². The van der Waals surface area contributed by atoms with Crippen LogP contribution in [-0.2, 0) is 10.0 Å². The summed E-state index contributed by atoms with van der Waals surface area (Å²) in [5, 5.41) is 3.29. The van der Waals surface area contributed by atoms with Gasteiger partial charge in [-0.05, 0) is 18.9 Å². The Kier molecular flexibility index (Phi) is 8.89. The zero-order chi connectivity index (χ0) is 12.4. The molecule has 4 nitrogen and oxygen atoms in total. The van der Waals surface area contributed by atoms with Crippen LogP contribution in [-0.4, -0.2) is 34.3 Å². The molecule has 2 N–H and O–H groups in total. The molecule has 16 heavy (non-hydrogen) atoms. The number of hydrogen-bond donors (Lipinski definition) is 2. The van der Waals surface area contributed by atoms with Gasteiger partial charge >= 0.3 is 0 Å². The standard InChI is InChI=1S/C11H26N2O2S/c1-4-6-7-11(5-2)10-12-8-9-13-16(3,14)15/h11-13H,4-10H2,1-3H3. The Morgan fingerprint density at radius 2 is 1.88 bits per heavy atom. The van der Waals surface area contributed by atoms with E-state index in [-0.39, 0.29) is 0 Å². The molecule has 0 bridgehead atoms. The van der Waals surface area contributed by atoms with E-state index in [0.29, 0.717) is 13.1 Å². The highest BCUT2D eigenvalue weighted by Crippen LogP contribution is 2.10. The molecule has 0 aliphatic heterocycles. The molecule has 0 amide bonds. The fraction of sp³-hybridized carbons (Fsp3) is 1.00. The first-order valence-corrected chi connectivity index (χ1v) is 8.04. The monoisotopic (exact) mass is 250 g/mol. The molecule has 0 fully saturated rings. The molecule has 0 rings (SSSR count). The maximum Gasteiger partial charge on any atom is 0.208 e. The van der Waals surface area contributed by atoms with Crippen molar-refractivity contribution in [3.05, 3.63) is 0 Å². The molecule has 0 heterocycles. The summed E-state index contributed by atoms with van der Waals surface area (Å²) < 4.78 is 24.0. The number of hydrogen-bond acceptors (Lipinski definition) is 3. The van der Waals surface area contributed by atoms with Gasteiger partial charge in [0.2, 0.25) is 10.0 Å². The number of sulfonamides is 1. The van der Waals surface area contributed by atoms with Gasteiger partial charge in [0, 0.05) is 13.1 Å². The van der Waals surface area contributed by atoms with E-state index in [2.05, 4.69) is 23.9 Å². The number of unbranched alkanes of at least 4 members (excludes halogenated alkanes) is 1. The van der Waals surface area contributed by atoms with Crippen LogP contribution in [0.5, 0.6) is 0 Å². The van der Waals surface area contributed by atoms with Crippen molar-refractivity contribution in [1.82, 2.24) is 10.0 Å². The van der Waals surface area contributed by atoms with E-state index in [9.17, 15) is 8.42 Å². The second kappa shape index (κ2) is 8.96. The van der Waals surface area contributed by atoms with E-state index >= 15 is 0 Å². The second-order valence-electron chi connectivity index (χ2n) is 4.29. The maximum absolute atomic E-state index is 10.8. The van der Waals surface area contributed by atoms with Gasteiger partial charge in [0.05, 0.1) is 6.26 Å². The van der Waals surface area contributed by atoms with Crippen molar-refractivity contribution in [3.8, 4) is 0 Å². The van der Waals surface area contributed by atoms with Gasteiger partial charge in [-0.2, -0.15) is 0 Å². The van der Waals surface area contributed by atoms with Gasteiger partial charge in [-0.1, -0.05) is 33.1 Å². The average molecular weight is 250 g/mol. The molecule has 0 aromatic heterocycles. The predicted octanol–water partition coefficient (Wildman–Crippen LogP) is 1.34. The summed E-state index contributed by atoms with van der Waals surface area (Å²) in [7, 11) is -3.03. The van der Waals surface area contributed by atoms with Gasteiger partial charge in [0.15, 0.2) is 0 Å². The van der Waals surface area contributed by atoms with E-state index < -0.39 is 10.0 Å². The summed E-state index contributed by atoms with van der Waals surface area (Å²) in [4.78, 5) is 0. The zero-order valence-electron chi connectivity index (χ0n) is 10.8. The van der Waals surface area contributed by atoms with Gasteiger partial charge in [-0.25, -0.2) is 13.1 Å². The van der Waals surface area contributed by atoms with Gasteiger partial charge in [0.25, 0.3) is 0 Å². The van der Waals surface area contributed by atoms with E-state index in [1.54, 1.807) is 0 Å². The molecule has 98 valence electrons. The van der Waals surface area contributed by atoms with E-state index in [4.69, 9.17) is 0 Å². The minimum atomic E-state index is -3.03. The first-order chi connectivity index (χ1) is 7.49. The van der Waals surface area contributed by atoms with Crippen LogP contribution in [0.4, 0.5) is 0 Å². The molecule has 0 aliphatic rings. The van der Waals surface area contributed by atoms with Crippen molar-refractivity contribution < 1.29 is 8.42 Å². The summed E-state index contributed by atoms with van der Waals surface area (Å²) in [6.45, 7) is 6.58. The molecule has 1 unspecified atom stereocenters. The summed E-state index contributed by atoms with van der Waals surface area (Å²) >= 11 is 0. The average Bonchev–Trinajstić information content (AvgIpc) is 2.20. The first kappa shape index (κ1) is 15.9. The summed E-state index contributed by atoms with van der Waals surface area (Å²) in [6.07, 6.45) is 6.16. The second-order valence-corrected chi connectivity index (χ2v) is 6.12. The Hall–Kier alpha value is -0.130. The highest BCUT2D eigenvalue weighted by atomic mass is 32.2. The van der Waals surface area contributed by atoms with Gasteiger partial charge in [-0.3, -0.25) is 0 Å². The Bertz CT molecular complexity index is 253. The Morgan fingerprint density at radius 3 is 2.38 bits per heavy atom. The third-order valence-electron chi connectivity index (χ3n) is 2.64. The Labute approximate surface area is 100 Å². The first-order valence-electron chi connectivity index (χ1n) is 6.15. The van der Waals surface area contributed by atoms with Crippen molar-refractivity contribution in [2.45, 2.75) is 39.5 Å². The lowest BCUT2D eigenvalue weighted by molar-refractivity contribution is 0.421. The highest BCUT2D eigenvalue weighted by molar-refractivity contribution is 7.88. The molecule has 0 saturated carbocycles. The van der Waals surface area contributed by atoms with Crippen molar-refractivity contribution >= 4 is 10.0 Å². The number of rotatable bonds is 10. The molecule has 0 spiro atoms. The normalized spacial score (nSPS) is 13.9. The van der Waals surface area contributed by atoms with E-state index in [1.165, 1.54) is 31.9 Å². The van der Waals surface area contributed by atoms with Gasteiger partial charge in [-0.15, -0.1) is 0 Å². The zero-order valence-corrected chi connectivity index (χ0v) is 11.6. The minimum Gasteiger partial charge on any atom is -0.315 e. The molecule has 5 heteroatoms. The van der Waals surface area contributed by atoms with Crippen LogP contribution in [0.15, 0.2) is 0 Å². The fourth-order valence-electron chi connectivity index (χ4n) is 1.57. The highest BCUT2D eigenvalue weighted by Gasteiger charge is 2.05. The quantitative estimate of drug-likeness (QED) is 0.575. The van der Waals surface area contributed by atoms with Crippen molar-refractivity contribution in [3.63, 3.8) is 0 Å². The molecule has 0 aromatic carbocycles. The molecule has 0 aromatic rings. The Morgan fingerprint density at radius 1 is 1.19 bits per heavy atom. The summed E-state index contributed by atoms with van der Waals surface area (Å²) in [5.41, 5.74) is 0. The number of nitrogens with one attached hydrogen (secondary N) is 2. The fourth-order valence-corrected chi connectivity index (χ4v) is 2.05. The third kappa shape index (κ3) is 10.4. The van der Waals surface area contributed by atoms with Crippen LogP contribution < -0.4 is 10.0 Å². The van der Waals surface area contributed by atoms with Crippen LogP contribution in [0.2, 0.25) is 0 Å². The lowest BCUT2D eigenvalue weighted by atomic mass is 9.99. The predicted molar refractivity (Wildman–Crippen MR) is 69.0 cm³/mol. The van der Waals surface area contributed by atoms with E-state index in [1.807, 2.05) is 0 Å². The van der Waals surface area contributed by atoms with Gasteiger partial charge in [0.1, 0.15) is 0 Å². The van der Waals surface area contributed by atoms with Crippen LogP contribution in [0.25, 0.3) is 0 Å². The summed E-state index contributed by atoms with van der Waals surface area (Å²) in [5.74, 6) is 0.721. The Balaban J connectivity index is 3.48. The van der Waals surface area contributed by atoms with Crippen molar-refractivity contribution in [2.24, 2.45) is 5.92 Å². The van der Waals surface area contributed by atoms with Crippen molar-refractivity contribution in [1.29, 1.82) is 0 Å². The third-order valence-corrected chi connectivity index (χ3v) is 3.37. The van der Waals surface area contributed by atoms with Crippen LogP contribution in [0.1, 0.15) is 39.5 Å². The largest absolute Gasteiger partial charge is 0.315 e. The van der Waals surface area contributed by atoms with Crippen LogP contribution in [0, 0.1) is 5.92 Å². The molecule has 1 atom stereocenters. The van der Waals surface area contributed by atoms with Gasteiger partial charge < -0.3 is 5.32 Å². The van der Waals surface area contributed by atoms with Crippen LogP contribution in [0.3, 0.4) is 0 Å². The van der Waals surface area contributed by atoms with Crippen molar-refractivity contribution in [2.75, 3.05) is 25.9 Å².